The molecule has 0 saturated heterocycles. The summed E-state index contributed by atoms with van der Waals surface area (Å²) in [7, 11) is 1.60. The van der Waals surface area contributed by atoms with Crippen LogP contribution in [0.25, 0.3) is 11.1 Å². The van der Waals surface area contributed by atoms with Gasteiger partial charge in [-0.2, -0.15) is 0 Å². The molecule has 0 aliphatic heterocycles. The van der Waals surface area contributed by atoms with Crippen LogP contribution in [-0.4, -0.2) is 13.7 Å². The molecular weight excluding hydrogens is 265 g/mol. The average Bonchev–Trinajstić information content (AvgIpc) is 2.53. The molecule has 0 amide bonds. The number of rotatable bonds is 6. The van der Waals surface area contributed by atoms with E-state index in [0.717, 1.165) is 24.1 Å². The molecule has 2 nitrogen and oxygen atoms in total. The molecule has 0 spiro atoms. The van der Waals surface area contributed by atoms with Crippen molar-refractivity contribution in [2.45, 2.75) is 26.3 Å². The van der Waals surface area contributed by atoms with Gasteiger partial charge in [-0.3, -0.25) is 0 Å². The zero-order chi connectivity index (χ0) is 15.2. The minimum absolute atomic E-state index is 0.194. The van der Waals surface area contributed by atoms with E-state index in [1.165, 1.54) is 6.07 Å². The van der Waals surface area contributed by atoms with Gasteiger partial charge in [-0.1, -0.05) is 31.2 Å². The number of methoxy groups -OCH3 is 1. The normalized spacial score (nSPS) is 12.2. The summed E-state index contributed by atoms with van der Waals surface area (Å²) in [6, 6.07) is 13.0. The Morgan fingerprint density at radius 2 is 1.90 bits per heavy atom. The monoisotopic (exact) mass is 287 g/mol. The van der Waals surface area contributed by atoms with Gasteiger partial charge in [-0.05, 0) is 43.7 Å². The van der Waals surface area contributed by atoms with Crippen LogP contribution in [0.2, 0.25) is 0 Å². The van der Waals surface area contributed by atoms with E-state index in [2.05, 4.69) is 19.2 Å². The zero-order valence-corrected chi connectivity index (χ0v) is 12.8. The van der Waals surface area contributed by atoms with Crippen LogP contribution in [0.15, 0.2) is 42.5 Å². The van der Waals surface area contributed by atoms with Gasteiger partial charge in [0, 0.05) is 17.2 Å². The maximum atomic E-state index is 14.2. The molecule has 0 bridgehead atoms. The van der Waals surface area contributed by atoms with Gasteiger partial charge in [-0.15, -0.1) is 0 Å². The molecule has 0 radical (unpaired) electrons. The Bertz CT molecular complexity index is 598. The van der Waals surface area contributed by atoms with Gasteiger partial charge in [0.15, 0.2) is 0 Å². The van der Waals surface area contributed by atoms with E-state index in [9.17, 15) is 4.39 Å². The summed E-state index contributed by atoms with van der Waals surface area (Å²) in [5, 5.41) is 3.42. The second-order valence-electron chi connectivity index (χ2n) is 5.12. The highest BCUT2D eigenvalue weighted by Crippen LogP contribution is 2.33. The summed E-state index contributed by atoms with van der Waals surface area (Å²) in [6.45, 7) is 5.17. The van der Waals surface area contributed by atoms with Crippen LogP contribution in [0.1, 0.15) is 31.9 Å². The first-order valence-corrected chi connectivity index (χ1v) is 7.33. The molecule has 1 atom stereocenters. The fraction of sp³-hybridized carbons (Fsp3) is 0.333. The molecule has 1 unspecified atom stereocenters. The highest BCUT2D eigenvalue weighted by Gasteiger charge is 2.13. The number of hydrogen-bond donors (Lipinski definition) is 1. The van der Waals surface area contributed by atoms with Gasteiger partial charge >= 0.3 is 0 Å². The average molecular weight is 287 g/mol. The number of ether oxygens (including phenoxy) is 1. The maximum absolute atomic E-state index is 14.2. The van der Waals surface area contributed by atoms with Crippen LogP contribution < -0.4 is 10.1 Å². The third kappa shape index (κ3) is 3.61. The van der Waals surface area contributed by atoms with Crippen molar-refractivity contribution in [3.8, 4) is 16.9 Å². The van der Waals surface area contributed by atoms with E-state index in [0.29, 0.717) is 11.3 Å². The Hall–Kier alpha value is -1.87. The summed E-state index contributed by atoms with van der Waals surface area (Å²) in [5.41, 5.74) is 2.43. The van der Waals surface area contributed by atoms with E-state index in [4.69, 9.17) is 4.74 Å². The maximum Gasteiger partial charge on any atom is 0.131 e. The topological polar surface area (TPSA) is 21.3 Å². The van der Waals surface area contributed by atoms with Crippen LogP contribution in [0.3, 0.4) is 0 Å². The summed E-state index contributed by atoms with van der Waals surface area (Å²) in [4.78, 5) is 0. The third-order valence-corrected chi connectivity index (χ3v) is 3.59. The fourth-order valence-electron chi connectivity index (χ4n) is 2.36. The second kappa shape index (κ2) is 7.23. The van der Waals surface area contributed by atoms with E-state index in [1.807, 2.05) is 36.4 Å². The van der Waals surface area contributed by atoms with Crippen molar-refractivity contribution in [3.63, 3.8) is 0 Å². The lowest BCUT2D eigenvalue weighted by Crippen LogP contribution is -2.19. The van der Waals surface area contributed by atoms with Crippen LogP contribution in [0.5, 0.6) is 5.75 Å². The first-order chi connectivity index (χ1) is 10.2. The second-order valence-corrected chi connectivity index (χ2v) is 5.12. The van der Waals surface area contributed by atoms with Crippen molar-refractivity contribution in [1.82, 2.24) is 5.32 Å². The highest BCUT2D eigenvalue weighted by molar-refractivity contribution is 5.71. The number of para-hydroxylation sites is 1. The molecule has 0 aliphatic carbocycles. The molecule has 112 valence electrons. The quantitative estimate of drug-likeness (QED) is 0.840. The summed E-state index contributed by atoms with van der Waals surface area (Å²) >= 11 is 0. The molecule has 0 heterocycles. The molecule has 21 heavy (non-hydrogen) atoms. The van der Waals surface area contributed by atoms with E-state index in [-0.39, 0.29) is 11.9 Å². The van der Waals surface area contributed by atoms with Crippen molar-refractivity contribution in [3.05, 3.63) is 53.8 Å². The number of hydrogen-bond acceptors (Lipinski definition) is 2. The van der Waals surface area contributed by atoms with Gasteiger partial charge in [0.1, 0.15) is 11.6 Å². The van der Waals surface area contributed by atoms with Crippen molar-refractivity contribution < 1.29 is 9.13 Å². The van der Waals surface area contributed by atoms with Crippen molar-refractivity contribution >= 4 is 0 Å². The summed E-state index contributed by atoms with van der Waals surface area (Å²) in [5.74, 6) is 0.452. The lowest BCUT2D eigenvalue weighted by Gasteiger charge is -2.16. The Morgan fingerprint density at radius 3 is 2.62 bits per heavy atom. The van der Waals surface area contributed by atoms with Crippen LogP contribution in [0, 0.1) is 5.82 Å². The lowest BCUT2D eigenvalue weighted by molar-refractivity contribution is 0.416. The molecule has 1 N–H and O–H groups in total. The first kappa shape index (κ1) is 15.5. The molecule has 0 fully saturated rings. The molecule has 2 aromatic carbocycles. The smallest absolute Gasteiger partial charge is 0.131 e. The number of benzene rings is 2. The van der Waals surface area contributed by atoms with E-state index >= 15 is 0 Å². The molecule has 2 aromatic rings. The molecule has 0 saturated carbocycles. The van der Waals surface area contributed by atoms with Gasteiger partial charge in [0.25, 0.3) is 0 Å². The predicted octanol–water partition coefficient (Wildman–Crippen LogP) is 4.56. The Balaban J connectivity index is 2.39. The molecule has 3 heteroatoms. The van der Waals surface area contributed by atoms with E-state index < -0.39 is 0 Å². The van der Waals surface area contributed by atoms with Crippen molar-refractivity contribution in [2.24, 2.45) is 0 Å². The Kier molecular flexibility index (Phi) is 5.34. The number of halogens is 1. The minimum Gasteiger partial charge on any atom is -0.496 e. The van der Waals surface area contributed by atoms with Gasteiger partial charge in [-0.25, -0.2) is 4.39 Å². The summed E-state index contributed by atoms with van der Waals surface area (Å²) < 4.78 is 19.5. The van der Waals surface area contributed by atoms with Gasteiger partial charge in [0.2, 0.25) is 0 Å². The molecule has 2 rings (SSSR count). The lowest BCUT2D eigenvalue weighted by atomic mass is 9.98. The third-order valence-electron chi connectivity index (χ3n) is 3.59. The summed E-state index contributed by atoms with van der Waals surface area (Å²) in [6.07, 6.45) is 1.07. The van der Waals surface area contributed by atoms with Crippen LogP contribution in [0.4, 0.5) is 4.39 Å². The first-order valence-electron chi connectivity index (χ1n) is 7.33. The SMILES string of the molecule is CCCNC(C)c1ccc(F)c(-c2ccccc2OC)c1. The molecular formula is C18H22FNO. The van der Waals surface area contributed by atoms with Gasteiger partial charge < -0.3 is 10.1 Å². The molecule has 0 aromatic heterocycles. The van der Waals surface area contributed by atoms with E-state index in [1.54, 1.807) is 7.11 Å². The highest BCUT2D eigenvalue weighted by atomic mass is 19.1. The van der Waals surface area contributed by atoms with Crippen molar-refractivity contribution in [1.29, 1.82) is 0 Å². The van der Waals surface area contributed by atoms with Crippen LogP contribution in [-0.2, 0) is 0 Å². The van der Waals surface area contributed by atoms with Crippen LogP contribution >= 0.6 is 0 Å². The van der Waals surface area contributed by atoms with Gasteiger partial charge in [0.05, 0.1) is 7.11 Å². The standard InChI is InChI=1S/C18H22FNO/c1-4-11-20-13(2)14-9-10-17(19)16(12-14)15-7-5-6-8-18(15)21-3/h5-10,12-13,20H,4,11H2,1-3H3. The zero-order valence-electron chi connectivity index (χ0n) is 12.8. The number of nitrogens with one attached hydrogen (secondary N) is 1. The minimum atomic E-state index is -0.231. The fourth-order valence-corrected chi connectivity index (χ4v) is 2.36. The molecule has 0 aliphatic rings. The van der Waals surface area contributed by atoms with Crippen molar-refractivity contribution in [2.75, 3.05) is 13.7 Å². The Morgan fingerprint density at radius 1 is 1.14 bits per heavy atom. The largest absolute Gasteiger partial charge is 0.496 e. The Labute approximate surface area is 126 Å². The predicted molar refractivity (Wildman–Crippen MR) is 85.1 cm³/mol.